The number of nitrogens with one attached hydrogen (secondary N) is 1. The molecular weight excluding hydrogens is 466 g/mol. The number of allylic oxidation sites excluding steroid dienone is 3. The van der Waals surface area contributed by atoms with E-state index in [4.69, 9.17) is 14.2 Å². The topological polar surface area (TPSA) is 73.9 Å². The fourth-order valence-corrected chi connectivity index (χ4v) is 6.04. The summed E-state index contributed by atoms with van der Waals surface area (Å²) >= 11 is 0. The highest BCUT2D eigenvalue weighted by molar-refractivity contribution is 6.04. The maximum Gasteiger partial charge on any atom is 0.337 e. The normalized spacial score (nSPS) is 22.3. The molecule has 0 bridgehead atoms. The van der Waals surface area contributed by atoms with Gasteiger partial charge in [0.25, 0.3) is 0 Å². The van der Waals surface area contributed by atoms with Gasteiger partial charge in [-0.05, 0) is 68.7 Å². The largest absolute Gasteiger partial charge is 0.497 e. The van der Waals surface area contributed by atoms with Crippen molar-refractivity contribution in [1.29, 1.82) is 0 Å². The summed E-state index contributed by atoms with van der Waals surface area (Å²) in [6.07, 6.45) is 6.05. The molecule has 1 fully saturated rings. The van der Waals surface area contributed by atoms with Gasteiger partial charge in [0, 0.05) is 29.0 Å². The Balaban J connectivity index is 1.59. The number of dihydropyridines is 1. The van der Waals surface area contributed by atoms with Crippen molar-refractivity contribution in [2.24, 2.45) is 0 Å². The van der Waals surface area contributed by atoms with Crippen LogP contribution in [0.3, 0.4) is 0 Å². The molecule has 0 amide bonds. The molecule has 6 nitrogen and oxygen atoms in total. The number of Topliss-reactive ketones (excluding diaryl/α,β-unsaturated/α-hetero) is 1. The van der Waals surface area contributed by atoms with Crippen molar-refractivity contribution in [2.75, 3.05) is 14.2 Å². The molecule has 1 saturated carbocycles. The Kier molecular flexibility index (Phi) is 7.36. The average Bonchev–Trinajstić information content (AvgIpc) is 2.92. The van der Waals surface area contributed by atoms with Gasteiger partial charge < -0.3 is 19.5 Å². The Morgan fingerprint density at radius 2 is 1.70 bits per heavy atom. The van der Waals surface area contributed by atoms with Crippen LogP contribution >= 0.6 is 0 Å². The van der Waals surface area contributed by atoms with Gasteiger partial charge in [-0.2, -0.15) is 0 Å². The molecule has 5 rings (SSSR count). The lowest BCUT2D eigenvalue weighted by Crippen LogP contribution is -2.37. The summed E-state index contributed by atoms with van der Waals surface area (Å²) in [6.45, 7) is 1.90. The molecule has 1 heterocycles. The van der Waals surface area contributed by atoms with Crippen molar-refractivity contribution < 1.29 is 23.8 Å². The van der Waals surface area contributed by atoms with Crippen LogP contribution in [0.25, 0.3) is 0 Å². The van der Waals surface area contributed by atoms with E-state index >= 15 is 0 Å². The number of methoxy groups -OCH3 is 2. The second kappa shape index (κ2) is 10.8. The van der Waals surface area contributed by atoms with E-state index in [2.05, 4.69) is 17.4 Å². The number of hydrogen-bond acceptors (Lipinski definition) is 6. The molecule has 0 spiro atoms. The molecule has 37 heavy (non-hydrogen) atoms. The molecule has 0 unspecified atom stereocenters. The average molecular weight is 502 g/mol. The van der Waals surface area contributed by atoms with E-state index in [0.717, 1.165) is 48.2 Å². The third kappa shape index (κ3) is 5.02. The lowest BCUT2D eigenvalue weighted by Gasteiger charge is -2.37. The van der Waals surface area contributed by atoms with Crippen molar-refractivity contribution in [3.05, 3.63) is 82.2 Å². The van der Waals surface area contributed by atoms with Gasteiger partial charge in [-0.1, -0.05) is 36.8 Å². The second-order valence-corrected chi connectivity index (χ2v) is 10.2. The van der Waals surface area contributed by atoms with Crippen LogP contribution in [-0.2, 0) is 14.3 Å². The Bertz CT molecular complexity index is 1240. The summed E-state index contributed by atoms with van der Waals surface area (Å²) in [4.78, 5) is 27.6. The first-order valence-electron chi connectivity index (χ1n) is 13.2. The van der Waals surface area contributed by atoms with Crippen molar-refractivity contribution in [2.45, 2.75) is 69.8 Å². The molecular formula is C31H35NO5. The lowest BCUT2D eigenvalue weighted by molar-refractivity contribution is -0.146. The molecule has 2 aliphatic carbocycles. The highest BCUT2D eigenvalue weighted by Crippen LogP contribution is 2.48. The summed E-state index contributed by atoms with van der Waals surface area (Å²) in [5.74, 6) is 0.398. The predicted octanol–water partition coefficient (Wildman–Crippen LogP) is 5.94. The standard InChI is InChI=1S/C31H35NO5/c1-19-28(31(34)37-22-12-8-5-9-13-22)29(24-18-23(35-2)14-15-27(24)36-3)30-25(32-19)16-21(17-26(30)33)20-10-6-4-7-11-20/h4,6-7,10-11,14-15,18,21-22,29,32H,5,8-9,12-13,16-17H2,1-3H3/t21-,29+/m1/s1. The van der Waals surface area contributed by atoms with Crippen LogP contribution in [0.4, 0.5) is 0 Å². The monoisotopic (exact) mass is 501 g/mol. The van der Waals surface area contributed by atoms with Gasteiger partial charge in [-0.25, -0.2) is 4.79 Å². The molecule has 0 saturated heterocycles. The molecule has 194 valence electrons. The number of esters is 1. The van der Waals surface area contributed by atoms with E-state index in [0.29, 0.717) is 35.5 Å². The Morgan fingerprint density at radius 3 is 2.41 bits per heavy atom. The van der Waals surface area contributed by atoms with E-state index < -0.39 is 5.92 Å². The molecule has 6 heteroatoms. The number of ketones is 1. The minimum Gasteiger partial charge on any atom is -0.497 e. The minimum absolute atomic E-state index is 0.0351. The van der Waals surface area contributed by atoms with Gasteiger partial charge in [0.1, 0.15) is 17.6 Å². The Labute approximate surface area is 218 Å². The van der Waals surface area contributed by atoms with E-state index in [9.17, 15) is 9.59 Å². The summed E-state index contributed by atoms with van der Waals surface area (Å²) < 4.78 is 17.3. The first-order valence-corrected chi connectivity index (χ1v) is 13.2. The third-order valence-electron chi connectivity index (χ3n) is 7.89. The zero-order chi connectivity index (χ0) is 25.9. The Hall–Kier alpha value is -3.54. The summed E-state index contributed by atoms with van der Waals surface area (Å²) in [6, 6.07) is 15.7. The van der Waals surface area contributed by atoms with Crippen LogP contribution in [0.5, 0.6) is 11.5 Å². The van der Waals surface area contributed by atoms with Gasteiger partial charge in [-0.15, -0.1) is 0 Å². The molecule has 0 aromatic heterocycles. The molecule has 2 aromatic carbocycles. The van der Waals surface area contributed by atoms with Crippen LogP contribution in [0.15, 0.2) is 71.1 Å². The van der Waals surface area contributed by atoms with Crippen LogP contribution in [0, 0.1) is 0 Å². The van der Waals surface area contributed by atoms with Crippen LogP contribution in [0.1, 0.15) is 74.8 Å². The fourth-order valence-electron chi connectivity index (χ4n) is 6.04. The van der Waals surface area contributed by atoms with Crippen molar-refractivity contribution in [1.82, 2.24) is 5.32 Å². The van der Waals surface area contributed by atoms with Gasteiger partial charge >= 0.3 is 5.97 Å². The first kappa shape index (κ1) is 25.1. The number of hydrogen-bond donors (Lipinski definition) is 1. The zero-order valence-corrected chi connectivity index (χ0v) is 21.8. The van der Waals surface area contributed by atoms with Gasteiger partial charge in [0.05, 0.1) is 25.7 Å². The van der Waals surface area contributed by atoms with Gasteiger partial charge in [0.2, 0.25) is 0 Å². The molecule has 2 aromatic rings. The number of carbonyl (C=O) groups excluding carboxylic acids is 2. The maximum absolute atomic E-state index is 13.9. The van der Waals surface area contributed by atoms with E-state index in [1.54, 1.807) is 14.2 Å². The highest BCUT2D eigenvalue weighted by atomic mass is 16.5. The predicted molar refractivity (Wildman–Crippen MR) is 142 cm³/mol. The fraction of sp³-hybridized carbons (Fsp3) is 0.419. The van der Waals surface area contributed by atoms with E-state index in [-0.39, 0.29) is 23.8 Å². The molecule has 1 N–H and O–H groups in total. The second-order valence-electron chi connectivity index (χ2n) is 10.2. The molecule has 2 atom stereocenters. The number of carbonyl (C=O) groups is 2. The number of benzene rings is 2. The van der Waals surface area contributed by atoms with Crippen LogP contribution in [-0.4, -0.2) is 32.1 Å². The smallest absolute Gasteiger partial charge is 0.337 e. The first-order chi connectivity index (χ1) is 18.0. The number of ether oxygens (including phenoxy) is 3. The van der Waals surface area contributed by atoms with Crippen molar-refractivity contribution in [3.8, 4) is 11.5 Å². The summed E-state index contributed by atoms with van der Waals surface area (Å²) in [5.41, 5.74) is 4.56. The Morgan fingerprint density at radius 1 is 0.946 bits per heavy atom. The van der Waals surface area contributed by atoms with E-state index in [1.807, 2.05) is 43.3 Å². The maximum atomic E-state index is 13.9. The third-order valence-corrected chi connectivity index (χ3v) is 7.89. The lowest BCUT2D eigenvalue weighted by atomic mass is 9.71. The molecule has 1 aliphatic heterocycles. The van der Waals surface area contributed by atoms with Gasteiger partial charge in [-0.3, -0.25) is 4.79 Å². The minimum atomic E-state index is -0.596. The van der Waals surface area contributed by atoms with Crippen LogP contribution < -0.4 is 14.8 Å². The van der Waals surface area contributed by atoms with Crippen molar-refractivity contribution in [3.63, 3.8) is 0 Å². The molecule has 3 aliphatic rings. The highest BCUT2D eigenvalue weighted by Gasteiger charge is 2.43. The summed E-state index contributed by atoms with van der Waals surface area (Å²) in [5, 5.41) is 3.45. The van der Waals surface area contributed by atoms with Gasteiger partial charge in [0.15, 0.2) is 5.78 Å². The quantitative estimate of drug-likeness (QED) is 0.494. The zero-order valence-electron chi connectivity index (χ0n) is 21.8. The van der Waals surface area contributed by atoms with Crippen LogP contribution in [0.2, 0.25) is 0 Å². The van der Waals surface area contributed by atoms with Crippen molar-refractivity contribution >= 4 is 11.8 Å². The summed E-state index contributed by atoms with van der Waals surface area (Å²) in [7, 11) is 3.21. The molecule has 0 radical (unpaired) electrons. The number of rotatable bonds is 6. The van der Waals surface area contributed by atoms with E-state index in [1.165, 1.54) is 6.42 Å². The SMILES string of the molecule is COc1ccc(OC)c([C@H]2C(C(=O)OC3CCCCC3)=C(C)NC3=C2C(=O)C[C@H](c2ccccc2)C3)c1.